The van der Waals surface area contributed by atoms with E-state index < -0.39 is 30.6 Å². The fourth-order valence-electron chi connectivity index (χ4n) is 1.41. The Hall–Kier alpha value is -0.960. The average Bonchev–Trinajstić information content (AvgIpc) is 2.38. The molecule has 0 fully saturated rings. The summed E-state index contributed by atoms with van der Waals surface area (Å²) in [6.45, 7) is -1.78. The van der Waals surface area contributed by atoms with Gasteiger partial charge in [0.05, 0.1) is 19.6 Å². The second kappa shape index (κ2) is 9.06. The molecule has 0 saturated carbocycles. The number of hydrogen-bond acceptors (Lipinski definition) is 5. The van der Waals surface area contributed by atoms with Crippen LogP contribution in [0.5, 0.6) is 0 Å². The predicted octanol–water partition coefficient (Wildman–Crippen LogP) is 1.02. The van der Waals surface area contributed by atoms with E-state index in [-0.39, 0.29) is 19.4 Å². The SMILES string of the molecule is COC(=O)CCN(CC(F)(F)F)C(=O)[C@H](N)CCSC. The topological polar surface area (TPSA) is 72.6 Å². The van der Waals surface area contributed by atoms with Crippen LogP contribution in [0.1, 0.15) is 12.8 Å². The second-order valence-electron chi connectivity index (χ2n) is 4.09. The molecule has 0 spiro atoms. The first kappa shape index (κ1) is 19.0. The van der Waals surface area contributed by atoms with Gasteiger partial charge in [0, 0.05) is 6.54 Å². The van der Waals surface area contributed by atoms with Gasteiger partial charge in [0.15, 0.2) is 0 Å². The van der Waals surface area contributed by atoms with Gasteiger partial charge in [0.25, 0.3) is 0 Å². The summed E-state index contributed by atoms with van der Waals surface area (Å²) < 4.78 is 41.6. The maximum atomic E-state index is 12.4. The quantitative estimate of drug-likeness (QED) is 0.677. The number of carbonyl (C=O) groups is 2. The van der Waals surface area contributed by atoms with Gasteiger partial charge in [-0.25, -0.2) is 0 Å². The summed E-state index contributed by atoms with van der Waals surface area (Å²) in [6, 6.07) is -0.998. The van der Waals surface area contributed by atoms with Gasteiger partial charge >= 0.3 is 12.1 Å². The highest BCUT2D eigenvalue weighted by Gasteiger charge is 2.34. The van der Waals surface area contributed by atoms with E-state index in [9.17, 15) is 22.8 Å². The van der Waals surface area contributed by atoms with Crippen LogP contribution >= 0.6 is 11.8 Å². The molecule has 0 heterocycles. The molecule has 5 nitrogen and oxygen atoms in total. The molecule has 0 unspecified atom stereocenters. The van der Waals surface area contributed by atoms with Crippen molar-refractivity contribution in [1.29, 1.82) is 0 Å². The van der Waals surface area contributed by atoms with Crippen molar-refractivity contribution in [2.45, 2.75) is 25.1 Å². The van der Waals surface area contributed by atoms with Crippen molar-refractivity contribution in [3.05, 3.63) is 0 Å². The largest absolute Gasteiger partial charge is 0.469 e. The minimum Gasteiger partial charge on any atom is -0.469 e. The summed E-state index contributed by atoms with van der Waals surface area (Å²) in [4.78, 5) is 23.4. The summed E-state index contributed by atoms with van der Waals surface area (Å²) >= 11 is 1.45. The van der Waals surface area contributed by atoms with E-state index in [0.717, 1.165) is 7.11 Å². The van der Waals surface area contributed by atoms with Crippen molar-refractivity contribution in [1.82, 2.24) is 4.90 Å². The Morgan fingerprint density at radius 3 is 2.45 bits per heavy atom. The van der Waals surface area contributed by atoms with Gasteiger partial charge < -0.3 is 15.4 Å². The van der Waals surface area contributed by atoms with Gasteiger partial charge in [-0.3, -0.25) is 9.59 Å². The molecule has 20 heavy (non-hydrogen) atoms. The number of hydrogen-bond donors (Lipinski definition) is 1. The zero-order valence-corrected chi connectivity index (χ0v) is 12.2. The smallest absolute Gasteiger partial charge is 0.406 e. The van der Waals surface area contributed by atoms with E-state index in [2.05, 4.69) is 4.74 Å². The minimum absolute atomic E-state index is 0.284. The summed E-state index contributed by atoms with van der Waals surface area (Å²) in [7, 11) is 1.13. The van der Waals surface area contributed by atoms with Crippen LogP contribution in [0.4, 0.5) is 13.2 Å². The molecule has 118 valence electrons. The number of alkyl halides is 3. The van der Waals surface area contributed by atoms with Crippen LogP contribution in [0, 0.1) is 0 Å². The molecule has 2 N–H and O–H groups in total. The zero-order chi connectivity index (χ0) is 15.8. The number of amides is 1. The molecule has 0 saturated heterocycles. The predicted molar refractivity (Wildman–Crippen MR) is 70.2 cm³/mol. The third-order valence-corrected chi connectivity index (χ3v) is 3.09. The first-order valence-electron chi connectivity index (χ1n) is 5.88. The third kappa shape index (κ3) is 8.26. The highest BCUT2D eigenvalue weighted by molar-refractivity contribution is 7.98. The number of nitrogens with two attached hydrogens (primary N) is 1. The number of ether oxygens (including phenoxy) is 1. The van der Waals surface area contributed by atoms with E-state index >= 15 is 0 Å². The molecule has 0 aromatic carbocycles. The summed E-state index contributed by atoms with van der Waals surface area (Å²) in [5.41, 5.74) is 5.57. The third-order valence-electron chi connectivity index (χ3n) is 2.45. The summed E-state index contributed by atoms with van der Waals surface area (Å²) in [5.74, 6) is -0.910. The molecular weight excluding hydrogens is 297 g/mol. The van der Waals surface area contributed by atoms with Crippen molar-refractivity contribution in [2.24, 2.45) is 5.73 Å². The lowest BCUT2D eigenvalue weighted by Gasteiger charge is -2.26. The molecule has 0 aliphatic rings. The van der Waals surface area contributed by atoms with Gasteiger partial charge in [0.2, 0.25) is 5.91 Å². The van der Waals surface area contributed by atoms with Gasteiger partial charge in [-0.2, -0.15) is 24.9 Å². The van der Waals surface area contributed by atoms with Gasteiger partial charge in [-0.1, -0.05) is 0 Å². The normalized spacial score (nSPS) is 12.9. The molecule has 0 rings (SSSR count). The van der Waals surface area contributed by atoms with Crippen LogP contribution in [0.2, 0.25) is 0 Å². The standard InChI is InChI=1S/C11H19F3N2O3S/c1-19-9(17)3-5-16(7-11(12,13)14)10(18)8(15)4-6-20-2/h8H,3-7,15H2,1-2H3/t8-/m1/s1. The summed E-state index contributed by atoms with van der Waals surface area (Å²) in [6.07, 6.45) is -2.74. The van der Waals surface area contributed by atoms with Crippen molar-refractivity contribution < 1.29 is 27.5 Å². The number of rotatable bonds is 8. The Morgan fingerprint density at radius 2 is 2.00 bits per heavy atom. The van der Waals surface area contributed by atoms with Crippen molar-refractivity contribution in [3.63, 3.8) is 0 Å². The number of thioether (sulfide) groups is 1. The Labute approximate surface area is 120 Å². The first-order chi connectivity index (χ1) is 9.21. The zero-order valence-electron chi connectivity index (χ0n) is 11.4. The molecule has 0 aliphatic heterocycles. The van der Waals surface area contributed by atoms with Crippen LogP contribution in [0.15, 0.2) is 0 Å². The maximum absolute atomic E-state index is 12.4. The van der Waals surface area contributed by atoms with E-state index in [0.29, 0.717) is 10.7 Å². The Bertz CT molecular complexity index is 327. The molecule has 0 aromatic rings. The van der Waals surface area contributed by atoms with Crippen LogP contribution in [-0.2, 0) is 14.3 Å². The Kier molecular flexibility index (Phi) is 8.63. The van der Waals surface area contributed by atoms with Crippen molar-refractivity contribution in [2.75, 3.05) is 32.2 Å². The van der Waals surface area contributed by atoms with E-state index in [4.69, 9.17) is 5.73 Å². The highest BCUT2D eigenvalue weighted by atomic mass is 32.2. The Morgan fingerprint density at radius 1 is 1.40 bits per heavy atom. The lowest BCUT2D eigenvalue weighted by Crippen LogP contribution is -2.48. The molecule has 0 radical (unpaired) electrons. The number of methoxy groups -OCH3 is 1. The van der Waals surface area contributed by atoms with Gasteiger partial charge in [-0.05, 0) is 18.4 Å². The lowest BCUT2D eigenvalue weighted by atomic mass is 10.2. The van der Waals surface area contributed by atoms with Gasteiger partial charge in [-0.15, -0.1) is 0 Å². The van der Waals surface area contributed by atoms with E-state index in [1.54, 1.807) is 0 Å². The maximum Gasteiger partial charge on any atom is 0.406 e. The molecule has 0 bridgehead atoms. The number of esters is 1. The highest BCUT2D eigenvalue weighted by Crippen LogP contribution is 2.17. The minimum atomic E-state index is -4.54. The van der Waals surface area contributed by atoms with Crippen molar-refractivity contribution in [3.8, 4) is 0 Å². The van der Waals surface area contributed by atoms with E-state index in [1.807, 2.05) is 6.26 Å². The van der Waals surface area contributed by atoms with Crippen LogP contribution in [-0.4, -0.2) is 61.2 Å². The van der Waals surface area contributed by atoms with E-state index in [1.165, 1.54) is 11.8 Å². The monoisotopic (exact) mass is 316 g/mol. The lowest BCUT2D eigenvalue weighted by molar-refractivity contribution is -0.163. The van der Waals surface area contributed by atoms with Crippen LogP contribution in [0.3, 0.4) is 0 Å². The average molecular weight is 316 g/mol. The number of halogens is 3. The Balaban J connectivity index is 4.65. The fraction of sp³-hybridized carbons (Fsp3) is 0.818. The van der Waals surface area contributed by atoms with Crippen LogP contribution < -0.4 is 5.73 Å². The molecule has 0 aromatic heterocycles. The fourth-order valence-corrected chi connectivity index (χ4v) is 1.90. The second-order valence-corrected chi connectivity index (χ2v) is 5.07. The molecular formula is C11H19F3N2O3S. The van der Waals surface area contributed by atoms with Crippen molar-refractivity contribution >= 4 is 23.6 Å². The van der Waals surface area contributed by atoms with Gasteiger partial charge in [0.1, 0.15) is 6.54 Å². The van der Waals surface area contributed by atoms with Crippen LogP contribution in [0.25, 0.3) is 0 Å². The number of carbonyl (C=O) groups excluding carboxylic acids is 2. The molecule has 9 heteroatoms. The summed E-state index contributed by atoms with van der Waals surface area (Å²) in [5, 5.41) is 0. The molecule has 1 atom stereocenters. The molecule has 1 amide bonds. The number of nitrogens with zero attached hydrogens (tertiary/aromatic N) is 1. The first-order valence-corrected chi connectivity index (χ1v) is 7.27. The molecule has 0 aliphatic carbocycles.